The number of pyridine rings is 1. The van der Waals surface area contributed by atoms with Gasteiger partial charge in [0.15, 0.2) is 5.03 Å². The third kappa shape index (κ3) is 4.33. The van der Waals surface area contributed by atoms with E-state index in [4.69, 9.17) is 10.00 Å². The number of nitrogens with zero attached hydrogens (tertiary/aromatic N) is 4. The van der Waals surface area contributed by atoms with Gasteiger partial charge in [0.25, 0.3) is 10.0 Å². The lowest BCUT2D eigenvalue weighted by atomic mass is 10.0. The largest absolute Gasteiger partial charge is 0.379 e. The number of rotatable bonds is 4. The van der Waals surface area contributed by atoms with E-state index in [0.717, 1.165) is 44.7 Å². The molecule has 0 unspecified atom stereocenters. The highest BCUT2D eigenvalue weighted by atomic mass is 32.2. The van der Waals surface area contributed by atoms with Crippen LogP contribution in [0.5, 0.6) is 0 Å². The van der Waals surface area contributed by atoms with Crippen molar-refractivity contribution in [3.63, 3.8) is 0 Å². The summed E-state index contributed by atoms with van der Waals surface area (Å²) < 4.78 is 33.2. The molecule has 2 fully saturated rings. The van der Waals surface area contributed by atoms with E-state index >= 15 is 0 Å². The van der Waals surface area contributed by atoms with Crippen LogP contribution in [0.1, 0.15) is 18.4 Å². The summed E-state index contributed by atoms with van der Waals surface area (Å²) in [5, 5.41) is 9.01. The van der Waals surface area contributed by atoms with E-state index in [9.17, 15) is 8.42 Å². The van der Waals surface area contributed by atoms with Gasteiger partial charge in [-0.1, -0.05) is 18.2 Å². The normalized spacial score (nSPS) is 19.7. The summed E-state index contributed by atoms with van der Waals surface area (Å²) in [6.07, 6.45) is 1.66. The highest BCUT2D eigenvalue weighted by molar-refractivity contribution is 7.89. The average molecular weight is 413 g/mol. The van der Waals surface area contributed by atoms with Crippen molar-refractivity contribution in [2.45, 2.75) is 23.9 Å². The van der Waals surface area contributed by atoms with Crippen LogP contribution in [0.3, 0.4) is 0 Å². The van der Waals surface area contributed by atoms with Crippen LogP contribution in [0.4, 0.5) is 0 Å². The van der Waals surface area contributed by atoms with E-state index in [1.165, 1.54) is 0 Å². The van der Waals surface area contributed by atoms with Crippen molar-refractivity contribution >= 4 is 10.0 Å². The van der Waals surface area contributed by atoms with Gasteiger partial charge >= 0.3 is 0 Å². The van der Waals surface area contributed by atoms with Gasteiger partial charge in [-0.3, -0.25) is 4.90 Å². The molecule has 0 atom stereocenters. The van der Waals surface area contributed by atoms with Crippen molar-refractivity contribution in [3.05, 3.63) is 48.0 Å². The third-order valence-corrected chi connectivity index (χ3v) is 7.42. The monoisotopic (exact) mass is 412 g/mol. The summed E-state index contributed by atoms with van der Waals surface area (Å²) >= 11 is 0. The van der Waals surface area contributed by atoms with Crippen molar-refractivity contribution < 1.29 is 13.2 Å². The van der Waals surface area contributed by atoms with Crippen molar-refractivity contribution in [2.24, 2.45) is 0 Å². The molecule has 0 spiro atoms. The number of ether oxygens (including phenoxy) is 1. The van der Waals surface area contributed by atoms with Crippen molar-refractivity contribution in [2.75, 3.05) is 39.4 Å². The number of benzene rings is 1. The molecular weight excluding hydrogens is 388 g/mol. The Morgan fingerprint density at radius 3 is 2.34 bits per heavy atom. The number of sulfonamides is 1. The molecule has 0 N–H and O–H groups in total. The second kappa shape index (κ2) is 8.59. The van der Waals surface area contributed by atoms with E-state index in [-0.39, 0.29) is 5.03 Å². The van der Waals surface area contributed by atoms with Gasteiger partial charge in [-0.25, -0.2) is 13.4 Å². The minimum Gasteiger partial charge on any atom is -0.379 e. The minimum absolute atomic E-state index is 0.0733. The second-order valence-electron chi connectivity index (χ2n) is 7.33. The lowest BCUT2D eigenvalue weighted by molar-refractivity contribution is 0.00609. The van der Waals surface area contributed by atoms with Gasteiger partial charge in [0.05, 0.1) is 30.5 Å². The van der Waals surface area contributed by atoms with Gasteiger partial charge in [0.1, 0.15) is 0 Å². The Labute approximate surface area is 171 Å². The summed E-state index contributed by atoms with van der Waals surface area (Å²) in [4.78, 5) is 6.83. The Balaban J connectivity index is 1.48. The molecule has 0 radical (unpaired) electrons. The fourth-order valence-electron chi connectivity index (χ4n) is 3.96. The summed E-state index contributed by atoms with van der Waals surface area (Å²) in [6, 6.07) is 14.5. The zero-order chi connectivity index (χ0) is 20.3. The second-order valence-corrected chi connectivity index (χ2v) is 9.22. The van der Waals surface area contributed by atoms with Crippen LogP contribution >= 0.6 is 0 Å². The maximum atomic E-state index is 13.1. The Bertz CT molecular complexity index is 987. The molecule has 152 valence electrons. The Morgan fingerprint density at radius 1 is 1.00 bits per heavy atom. The molecule has 0 saturated carbocycles. The molecule has 4 rings (SSSR count). The molecule has 1 aromatic carbocycles. The maximum Gasteiger partial charge on any atom is 0.260 e. The molecule has 1 aromatic heterocycles. The average Bonchev–Trinajstić information content (AvgIpc) is 2.80. The van der Waals surface area contributed by atoms with E-state index < -0.39 is 10.0 Å². The fourth-order valence-corrected chi connectivity index (χ4v) is 5.38. The van der Waals surface area contributed by atoms with E-state index in [0.29, 0.717) is 30.4 Å². The highest BCUT2D eigenvalue weighted by Crippen LogP contribution is 2.25. The van der Waals surface area contributed by atoms with Crippen molar-refractivity contribution in [3.8, 4) is 17.3 Å². The molecular formula is C21H24N4O3S. The Kier molecular flexibility index (Phi) is 5.92. The number of nitriles is 1. The molecule has 0 bridgehead atoms. The fraction of sp³-hybridized carbons (Fsp3) is 0.429. The standard InChI is InChI=1S/C21H24N4O3S/c22-16-17-4-6-18(7-5-17)20-2-1-3-21(23-20)29(26,27)25-10-8-19(9-11-25)24-12-14-28-15-13-24/h1-7,19H,8-15H2. The lowest BCUT2D eigenvalue weighted by Gasteiger charge is -2.39. The Morgan fingerprint density at radius 2 is 1.69 bits per heavy atom. The van der Waals surface area contributed by atoms with E-state index in [1.807, 2.05) is 0 Å². The molecule has 3 heterocycles. The van der Waals surface area contributed by atoms with E-state index in [1.54, 1.807) is 46.8 Å². The Hall–Kier alpha value is -2.31. The minimum atomic E-state index is -3.63. The number of hydrogen-bond donors (Lipinski definition) is 0. The van der Waals surface area contributed by atoms with Gasteiger partial charge in [0.2, 0.25) is 0 Å². The molecule has 8 heteroatoms. The van der Waals surface area contributed by atoms with Crippen LogP contribution in [0.25, 0.3) is 11.3 Å². The summed E-state index contributed by atoms with van der Waals surface area (Å²) in [5.41, 5.74) is 1.92. The molecule has 2 aliphatic rings. The summed E-state index contributed by atoms with van der Waals surface area (Å²) in [7, 11) is -3.63. The molecule has 7 nitrogen and oxygen atoms in total. The molecule has 2 saturated heterocycles. The van der Waals surface area contributed by atoms with Crippen molar-refractivity contribution in [1.82, 2.24) is 14.2 Å². The highest BCUT2D eigenvalue weighted by Gasteiger charge is 2.33. The number of piperidine rings is 1. The van der Waals surface area contributed by atoms with Gasteiger partial charge in [0, 0.05) is 37.8 Å². The maximum absolute atomic E-state index is 13.1. The quantitative estimate of drug-likeness (QED) is 0.764. The van der Waals surface area contributed by atoms with Crippen molar-refractivity contribution in [1.29, 1.82) is 5.26 Å². The van der Waals surface area contributed by atoms with Crippen LogP contribution in [-0.2, 0) is 14.8 Å². The molecule has 29 heavy (non-hydrogen) atoms. The summed E-state index contributed by atoms with van der Waals surface area (Å²) in [5.74, 6) is 0. The van der Waals surface area contributed by atoms with E-state index in [2.05, 4.69) is 16.0 Å². The number of aromatic nitrogens is 1. The van der Waals surface area contributed by atoms with Crippen LogP contribution in [-0.4, -0.2) is 68.0 Å². The molecule has 0 aliphatic carbocycles. The van der Waals surface area contributed by atoms with Gasteiger partial charge in [-0.05, 0) is 37.1 Å². The smallest absolute Gasteiger partial charge is 0.260 e. The van der Waals surface area contributed by atoms with Crippen LogP contribution in [0.15, 0.2) is 47.5 Å². The predicted octanol–water partition coefficient (Wildman–Crippen LogP) is 2.11. The van der Waals surface area contributed by atoms with Crippen LogP contribution < -0.4 is 0 Å². The first-order valence-corrected chi connectivity index (χ1v) is 11.3. The first-order chi connectivity index (χ1) is 14.1. The van der Waals surface area contributed by atoms with Crippen LogP contribution in [0, 0.1) is 11.3 Å². The van der Waals surface area contributed by atoms with Gasteiger partial charge in [-0.15, -0.1) is 0 Å². The zero-order valence-corrected chi connectivity index (χ0v) is 17.0. The third-order valence-electron chi connectivity index (χ3n) is 5.62. The SMILES string of the molecule is N#Cc1ccc(-c2cccc(S(=O)(=O)N3CCC(N4CCOCC4)CC3)n2)cc1. The predicted molar refractivity (Wildman–Crippen MR) is 109 cm³/mol. The van der Waals surface area contributed by atoms with Crippen LogP contribution in [0.2, 0.25) is 0 Å². The lowest BCUT2D eigenvalue weighted by Crippen LogP contribution is -2.50. The molecule has 2 aliphatic heterocycles. The first-order valence-electron chi connectivity index (χ1n) is 9.87. The first kappa shape index (κ1) is 20.0. The molecule has 0 amide bonds. The number of morpholine rings is 1. The summed E-state index contributed by atoms with van der Waals surface area (Å²) in [6.45, 7) is 4.37. The van der Waals surface area contributed by atoms with Gasteiger partial charge in [-0.2, -0.15) is 9.57 Å². The number of hydrogen-bond acceptors (Lipinski definition) is 6. The zero-order valence-electron chi connectivity index (χ0n) is 16.2. The van der Waals surface area contributed by atoms with Gasteiger partial charge < -0.3 is 4.74 Å². The molecule has 2 aromatic rings. The topological polar surface area (TPSA) is 86.5 Å².